The summed E-state index contributed by atoms with van der Waals surface area (Å²) in [6, 6.07) is -0.909. The highest BCUT2D eigenvalue weighted by molar-refractivity contribution is 8.04. The van der Waals surface area contributed by atoms with E-state index in [0.717, 1.165) is 24.3 Å². The van der Waals surface area contributed by atoms with Gasteiger partial charge in [0, 0.05) is 26.2 Å². The summed E-state index contributed by atoms with van der Waals surface area (Å²) in [4.78, 5) is 40.7. The fourth-order valence-electron chi connectivity index (χ4n) is 2.59. The van der Waals surface area contributed by atoms with Crippen LogP contribution in [0.2, 0.25) is 0 Å². The molecule has 0 aromatic carbocycles. The van der Waals surface area contributed by atoms with Crippen molar-refractivity contribution >= 4 is 35.4 Å². The highest BCUT2D eigenvalue weighted by atomic mass is 32.2. The zero-order chi connectivity index (χ0) is 16.2. The summed E-state index contributed by atoms with van der Waals surface area (Å²) in [6.07, 6.45) is 3.72. The zero-order valence-electron chi connectivity index (χ0n) is 12.5. The van der Waals surface area contributed by atoms with E-state index in [1.165, 1.54) is 11.8 Å². The summed E-state index contributed by atoms with van der Waals surface area (Å²) >= 11 is 1.33. The van der Waals surface area contributed by atoms with E-state index in [1.54, 1.807) is 11.5 Å². The highest BCUT2D eigenvalue weighted by Gasteiger charge is 2.38. The maximum absolute atomic E-state index is 12.2. The number of allylic oxidation sites excluding steroid dienone is 1. The van der Waals surface area contributed by atoms with Crippen LogP contribution < -0.4 is 10.6 Å². The summed E-state index contributed by atoms with van der Waals surface area (Å²) in [6.45, 7) is 1.50. The van der Waals surface area contributed by atoms with Gasteiger partial charge < -0.3 is 15.4 Å². The molecule has 2 unspecified atom stereocenters. The number of rotatable bonds is 5. The lowest BCUT2D eigenvalue weighted by molar-refractivity contribution is -0.126. The number of carbonyl (C=O) groups excluding carboxylic acids is 3. The lowest BCUT2D eigenvalue weighted by atomic mass is 10.2. The van der Waals surface area contributed by atoms with E-state index in [9.17, 15) is 14.4 Å². The van der Waals surface area contributed by atoms with Crippen molar-refractivity contribution < 1.29 is 19.1 Å². The average molecular weight is 338 g/mol. The summed E-state index contributed by atoms with van der Waals surface area (Å²) in [5.74, 6) is -0.281. The molecule has 0 radical (unpaired) electrons. The zero-order valence-corrected chi connectivity index (χ0v) is 13.3. The van der Waals surface area contributed by atoms with Crippen molar-refractivity contribution in [2.45, 2.75) is 24.2 Å². The number of ether oxygens (including phenoxy) is 1. The number of imide groups is 1. The Labute approximate surface area is 137 Å². The smallest absolute Gasteiger partial charge is 0.350 e. The number of urea groups is 2. The molecule has 8 nitrogen and oxygen atoms in total. The Bertz CT molecular complexity index is 571. The third kappa shape index (κ3) is 3.73. The van der Waals surface area contributed by atoms with Crippen molar-refractivity contribution in [2.24, 2.45) is 4.99 Å². The first kappa shape index (κ1) is 16.0. The maximum Gasteiger partial charge on any atom is 0.350 e. The Morgan fingerprint density at radius 3 is 3.09 bits per heavy atom. The van der Waals surface area contributed by atoms with Crippen molar-refractivity contribution in [3.8, 4) is 0 Å². The Hall–Kier alpha value is -1.87. The van der Waals surface area contributed by atoms with Gasteiger partial charge in [-0.1, -0.05) is 0 Å². The summed E-state index contributed by atoms with van der Waals surface area (Å²) < 4.78 is 5.41. The van der Waals surface area contributed by atoms with Crippen LogP contribution in [0.25, 0.3) is 0 Å². The SMILES string of the molecule is O=C(NCCN1C(=O)N=C2C=CSC2C1=O)NCC1CCCO1. The van der Waals surface area contributed by atoms with Crippen LogP contribution in [0, 0.1) is 0 Å². The number of nitrogens with one attached hydrogen (secondary N) is 2. The highest BCUT2D eigenvalue weighted by Crippen LogP contribution is 2.27. The number of amides is 5. The summed E-state index contributed by atoms with van der Waals surface area (Å²) in [7, 11) is 0. The van der Waals surface area contributed by atoms with E-state index >= 15 is 0 Å². The number of thioether (sulfide) groups is 1. The quantitative estimate of drug-likeness (QED) is 0.760. The topological polar surface area (TPSA) is 100 Å². The van der Waals surface area contributed by atoms with Crippen LogP contribution in [-0.2, 0) is 9.53 Å². The molecular formula is C14H18N4O4S. The van der Waals surface area contributed by atoms with E-state index in [0.29, 0.717) is 12.3 Å². The van der Waals surface area contributed by atoms with E-state index < -0.39 is 11.3 Å². The van der Waals surface area contributed by atoms with E-state index in [1.807, 2.05) is 0 Å². The molecule has 3 rings (SSSR count). The molecule has 0 bridgehead atoms. The number of aliphatic imine (C=N–C) groups is 1. The standard InChI is InChI=1S/C14H18N4O4S/c19-12-11-10(3-7-23-11)17-14(21)18(12)5-4-15-13(20)16-8-9-2-1-6-22-9/h3,7,9,11H,1-2,4-6,8H2,(H2,15,16,20). The van der Waals surface area contributed by atoms with Gasteiger partial charge in [0.15, 0.2) is 0 Å². The van der Waals surface area contributed by atoms with Gasteiger partial charge in [-0.25, -0.2) is 9.59 Å². The van der Waals surface area contributed by atoms with Crippen LogP contribution in [0.5, 0.6) is 0 Å². The van der Waals surface area contributed by atoms with Crippen LogP contribution in [0.4, 0.5) is 9.59 Å². The number of hydrogen-bond acceptors (Lipinski definition) is 5. The minimum atomic E-state index is -0.574. The van der Waals surface area contributed by atoms with Crippen molar-refractivity contribution in [3.63, 3.8) is 0 Å². The molecule has 2 N–H and O–H groups in total. The van der Waals surface area contributed by atoms with Gasteiger partial charge >= 0.3 is 12.1 Å². The first-order valence-electron chi connectivity index (χ1n) is 7.54. The van der Waals surface area contributed by atoms with Crippen LogP contribution in [0.3, 0.4) is 0 Å². The van der Waals surface area contributed by atoms with Crippen molar-refractivity contribution in [1.29, 1.82) is 0 Å². The lowest BCUT2D eigenvalue weighted by Gasteiger charge is -2.26. The number of nitrogens with zero attached hydrogens (tertiary/aromatic N) is 2. The van der Waals surface area contributed by atoms with Gasteiger partial charge in [0.05, 0.1) is 11.8 Å². The number of hydrogen-bond donors (Lipinski definition) is 2. The van der Waals surface area contributed by atoms with Gasteiger partial charge in [-0.15, -0.1) is 11.8 Å². The van der Waals surface area contributed by atoms with Crippen LogP contribution >= 0.6 is 11.8 Å². The first-order chi connectivity index (χ1) is 11.1. The fraction of sp³-hybridized carbons (Fsp3) is 0.571. The number of carbonyl (C=O) groups is 3. The Morgan fingerprint density at radius 1 is 1.43 bits per heavy atom. The molecule has 3 aliphatic heterocycles. The monoisotopic (exact) mass is 338 g/mol. The van der Waals surface area contributed by atoms with Gasteiger partial charge in [-0.3, -0.25) is 9.69 Å². The first-order valence-corrected chi connectivity index (χ1v) is 8.48. The minimum absolute atomic E-state index is 0.0747. The molecule has 23 heavy (non-hydrogen) atoms. The van der Waals surface area contributed by atoms with Crippen molar-refractivity contribution in [2.75, 3.05) is 26.2 Å². The van der Waals surface area contributed by atoms with E-state index in [-0.39, 0.29) is 31.1 Å². The van der Waals surface area contributed by atoms with Gasteiger partial charge in [-0.2, -0.15) is 4.99 Å². The molecule has 124 valence electrons. The molecule has 2 atom stereocenters. The molecule has 0 aliphatic carbocycles. The second-order valence-corrected chi connectivity index (χ2v) is 6.42. The molecule has 0 aromatic rings. The van der Waals surface area contributed by atoms with Crippen molar-refractivity contribution in [3.05, 3.63) is 11.5 Å². The molecule has 0 aromatic heterocycles. The normalized spacial score (nSPS) is 26.3. The third-order valence-corrected chi connectivity index (χ3v) is 4.81. The summed E-state index contributed by atoms with van der Waals surface area (Å²) in [5, 5.41) is 6.68. The van der Waals surface area contributed by atoms with E-state index in [4.69, 9.17) is 4.74 Å². The summed E-state index contributed by atoms with van der Waals surface area (Å²) in [5.41, 5.74) is 0.503. The van der Waals surface area contributed by atoms with Crippen LogP contribution in [0.15, 0.2) is 16.5 Å². The lowest BCUT2D eigenvalue weighted by Crippen LogP contribution is -2.50. The molecule has 9 heteroatoms. The van der Waals surface area contributed by atoms with Gasteiger partial charge in [0.25, 0.3) is 0 Å². The number of fused-ring (bicyclic) bond motifs is 1. The molecule has 1 saturated heterocycles. The Kier molecular flexibility index (Phi) is 4.97. The van der Waals surface area contributed by atoms with Gasteiger partial charge in [-0.05, 0) is 24.3 Å². The van der Waals surface area contributed by atoms with Gasteiger partial charge in [0.2, 0.25) is 5.91 Å². The molecule has 0 saturated carbocycles. The minimum Gasteiger partial charge on any atom is -0.376 e. The third-order valence-electron chi connectivity index (χ3n) is 3.80. The second kappa shape index (κ2) is 7.14. The van der Waals surface area contributed by atoms with Crippen molar-refractivity contribution in [1.82, 2.24) is 15.5 Å². The van der Waals surface area contributed by atoms with E-state index in [2.05, 4.69) is 15.6 Å². The molecule has 3 heterocycles. The second-order valence-electron chi connectivity index (χ2n) is 5.40. The Balaban J connectivity index is 1.41. The molecule has 5 amide bonds. The Morgan fingerprint density at radius 2 is 2.30 bits per heavy atom. The molecule has 3 aliphatic rings. The van der Waals surface area contributed by atoms with Crippen LogP contribution in [0.1, 0.15) is 12.8 Å². The molecule has 0 spiro atoms. The van der Waals surface area contributed by atoms with Gasteiger partial charge in [0.1, 0.15) is 5.25 Å². The average Bonchev–Trinajstić information content (AvgIpc) is 3.19. The molecule has 1 fully saturated rings. The fourth-order valence-corrected chi connectivity index (χ4v) is 3.48. The maximum atomic E-state index is 12.2. The predicted molar refractivity (Wildman–Crippen MR) is 85.4 cm³/mol. The molecular weight excluding hydrogens is 320 g/mol. The largest absolute Gasteiger partial charge is 0.376 e. The predicted octanol–water partition coefficient (Wildman–Crippen LogP) is 0.497. The van der Waals surface area contributed by atoms with Crippen LogP contribution in [-0.4, -0.2) is 66.2 Å².